The van der Waals surface area contributed by atoms with Crippen molar-refractivity contribution in [3.8, 4) is 5.75 Å². The van der Waals surface area contributed by atoms with Gasteiger partial charge in [-0.1, -0.05) is 24.8 Å². The molecular weight excluding hydrogens is 358 g/mol. The van der Waals surface area contributed by atoms with E-state index in [-0.39, 0.29) is 12.4 Å². The van der Waals surface area contributed by atoms with Gasteiger partial charge in [-0.3, -0.25) is 19.4 Å². The predicted molar refractivity (Wildman–Crippen MR) is 104 cm³/mol. The Balaban J connectivity index is 2.04. The zero-order chi connectivity index (χ0) is 20.3. The normalized spacial score (nSPS) is 21.5. The van der Waals surface area contributed by atoms with Gasteiger partial charge in [0.1, 0.15) is 18.3 Å². The number of hydrogen-bond acceptors (Lipinski definition) is 6. The minimum absolute atomic E-state index is 0.0214. The Morgan fingerprint density at radius 2 is 1.96 bits per heavy atom. The fourth-order valence-electron chi connectivity index (χ4n) is 3.81. The van der Waals surface area contributed by atoms with E-state index < -0.39 is 23.8 Å². The fourth-order valence-corrected chi connectivity index (χ4v) is 3.81. The van der Waals surface area contributed by atoms with Gasteiger partial charge < -0.3 is 9.47 Å². The Morgan fingerprint density at radius 1 is 1.25 bits per heavy atom. The van der Waals surface area contributed by atoms with Crippen molar-refractivity contribution >= 4 is 23.4 Å². The van der Waals surface area contributed by atoms with Crippen LogP contribution in [0.5, 0.6) is 5.75 Å². The Kier molecular flexibility index (Phi) is 5.87. The molecule has 146 valence electrons. The van der Waals surface area contributed by atoms with Crippen LogP contribution < -0.4 is 4.74 Å². The summed E-state index contributed by atoms with van der Waals surface area (Å²) in [6.45, 7) is 6.80. The molecule has 1 heterocycles. The minimum atomic E-state index is -0.680. The molecule has 2 atom stereocenters. The van der Waals surface area contributed by atoms with Crippen LogP contribution in [0.1, 0.15) is 44.6 Å². The molecule has 1 aliphatic heterocycles. The molecule has 0 amide bonds. The van der Waals surface area contributed by atoms with Crippen LogP contribution in [-0.4, -0.2) is 30.0 Å². The van der Waals surface area contributed by atoms with Gasteiger partial charge in [-0.05, 0) is 37.5 Å². The number of carbonyl (C=O) groups is 3. The van der Waals surface area contributed by atoms with E-state index in [1.165, 1.54) is 13.0 Å². The lowest BCUT2D eigenvalue weighted by molar-refractivity contribution is -0.145. The van der Waals surface area contributed by atoms with E-state index in [0.717, 1.165) is 24.1 Å². The lowest BCUT2D eigenvalue weighted by atomic mass is 9.72. The molecule has 1 aromatic rings. The maximum Gasteiger partial charge on any atom is 0.315 e. The third-order valence-corrected chi connectivity index (χ3v) is 4.93. The highest BCUT2D eigenvalue weighted by Gasteiger charge is 2.43. The summed E-state index contributed by atoms with van der Waals surface area (Å²) in [5.41, 5.74) is 2.78. The number of ketones is 1. The van der Waals surface area contributed by atoms with E-state index in [9.17, 15) is 14.4 Å². The van der Waals surface area contributed by atoms with Gasteiger partial charge in [0.05, 0.1) is 0 Å². The smallest absolute Gasteiger partial charge is 0.315 e. The second kappa shape index (κ2) is 8.33. The van der Waals surface area contributed by atoms with E-state index in [4.69, 9.17) is 9.47 Å². The quantitative estimate of drug-likeness (QED) is 0.443. The lowest BCUT2D eigenvalue weighted by Gasteiger charge is -2.34. The molecule has 0 spiro atoms. The van der Waals surface area contributed by atoms with E-state index in [2.05, 4.69) is 11.6 Å². The van der Waals surface area contributed by atoms with Crippen LogP contribution in [0.4, 0.5) is 0 Å². The molecule has 0 saturated carbocycles. The van der Waals surface area contributed by atoms with Crippen LogP contribution in [0.3, 0.4) is 0 Å². The van der Waals surface area contributed by atoms with E-state index >= 15 is 0 Å². The summed E-state index contributed by atoms with van der Waals surface area (Å²) in [5, 5.41) is 0. The second-order valence-electron chi connectivity index (χ2n) is 6.93. The van der Waals surface area contributed by atoms with Gasteiger partial charge in [0.2, 0.25) is 0 Å². The van der Waals surface area contributed by atoms with Crippen LogP contribution in [-0.2, 0) is 19.1 Å². The average molecular weight is 381 g/mol. The highest BCUT2D eigenvalue weighted by atomic mass is 16.5. The van der Waals surface area contributed by atoms with Gasteiger partial charge >= 0.3 is 11.9 Å². The standard InChI is InChI=1S/C22H23NO5/c1-4-12-27-22(26)19-13(2)23-17-6-5-7-18(25)21(17)20(19)15-8-10-16(11-9-15)28-14(3)24/h4,8-11,19-20H,1,5-7,12H2,2-3H3/t19?,20-/m0/s1. The molecule has 0 saturated heterocycles. The number of aliphatic imine (C=N–C) groups is 1. The molecule has 2 aliphatic rings. The predicted octanol–water partition coefficient (Wildman–Crippen LogP) is 3.52. The Hall–Kier alpha value is -3.02. The maximum absolute atomic E-state index is 12.8. The number of hydrogen-bond donors (Lipinski definition) is 0. The van der Waals surface area contributed by atoms with Crippen molar-refractivity contribution in [2.75, 3.05) is 6.61 Å². The highest BCUT2D eigenvalue weighted by molar-refractivity contribution is 6.08. The van der Waals surface area contributed by atoms with Crippen molar-refractivity contribution in [3.63, 3.8) is 0 Å². The van der Waals surface area contributed by atoms with Gasteiger partial charge in [0.25, 0.3) is 0 Å². The van der Waals surface area contributed by atoms with Crippen LogP contribution in [0.2, 0.25) is 0 Å². The molecule has 1 aliphatic carbocycles. The molecule has 6 heteroatoms. The topological polar surface area (TPSA) is 82.0 Å². The van der Waals surface area contributed by atoms with Gasteiger partial charge in [-0.25, -0.2) is 0 Å². The first-order chi connectivity index (χ1) is 13.4. The molecule has 1 unspecified atom stereocenters. The molecule has 28 heavy (non-hydrogen) atoms. The Morgan fingerprint density at radius 3 is 2.61 bits per heavy atom. The van der Waals surface area contributed by atoms with E-state index in [0.29, 0.717) is 23.5 Å². The summed E-state index contributed by atoms with van der Waals surface area (Å²) in [6, 6.07) is 6.89. The number of carbonyl (C=O) groups excluding carboxylic acids is 3. The zero-order valence-corrected chi connectivity index (χ0v) is 16.1. The summed E-state index contributed by atoms with van der Waals surface area (Å²) >= 11 is 0. The zero-order valence-electron chi connectivity index (χ0n) is 16.1. The van der Waals surface area contributed by atoms with Crippen molar-refractivity contribution in [1.82, 2.24) is 0 Å². The monoisotopic (exact) mass is 381 g/mol. The Labute approximate surface area is 163 Å². The number of rotatable bonds is 5. The number of ether oxygens (including phenoxy) is 2. The largest absolute Gasteiger partial charge is 0.461 e. The summed E-state index contributed by atoms with van der Waals surface area (Å²) in [5.74, 6) is -1.56. The summed E-state index contributed by atoms with van der Waals surface area (Å²) < 4.78 is 10.4. The lowest BCUT2D eigenvalue weighted by Crippen LogP contribution is -2.37. The average Bonchev–Trinajstić information content (AvgIpc) is 2.65. The third kappa shape index (κ3) is 3.96. The van der Waals surface area contributed by atoms with Gasteiger partial charge in [0.15, 0.2) is 5.78 Å². The van der Waals surface area contributed by atoms with Crippen molar-refractivity contribution in [3.05, 3.63) is 53.8 Å². The first-order valence-electron chi connectivity index (χ1n) is 9.29. The van der Waals surface area contributed by atoms with Gasteiger partial charge in [-0.2, -0.15) is 0 Å². The molecule has 0 N–H and O–H groups in total. The van der Waals surface area contributed by atoms with Gasteiger partial charge in [0, 0.05) is 36.2 Å². The highest BCUT2D eigenvalue weighted by Crippen LogP contribution is 2.43. The fraction of sp³-hybridized carbons (Fsp3) is 0.364. The van der Waals surface area contributed by atoms with Crippen LogP contribution in [0.15, 0.2) is 53.2 Å². The summed E-state index contributed by atoms with van der Waals surface area (Å²) in [4.78, 5) is 41.3. The SMILES string of the molecule is C=CCOC(=O)C1C(C)=NC2=C(C(=O)CCC2)[C@H]1c1ccc(OC(C)=O)cc1. The summed E-state index contributed by atoms with van der Waals surface area (Å²) in [7, 11) is 0. The van der Waals surface area contributed by atoms with Crippen LogP contribution in [0.25, 0.3) is 0 Å². The molecule has 3 rings (SSSR count). The van der Waals surface area contributed by atoms with Crippen molar-refractivity contribution < 1.29 is 23.9 Å². The molecule has 1 aromatic carbocycles. The molecule has 0 fully saturated rings. The Bertz CT molecular complexity index is 879. The first kappa shape index (κ1) is 19.7. The van der Waals surface area contributed by atoms with Gasteiger partial charge in [-0.15, -0.1) is 0 Å². The van der Waals surface area contributed by atoms with Crippen molar-refractivity contribution in [2.24, 2.45) is 10.9 Å². The first-order valence-corrected chi connectivity index (χ1v) is 9.29. The third-order valence-electron chi connectivity index (χ3n) is 4.93. The maximum atomic E-state index is 12.8. The number of benzene rings is 1. The number of esters is 2. The van der Waals surface area contributed by atoms with E-state index in [1.54, 1.807) is 31.2 Å². The minimum Gasteiger partial charge on any atom is -0.461 e. The number of allylic oxidation sites excluding steroid dienone is 2. The van der Waals surface area contributed by atoms with Crippen LogP contribution in [0, 0.1) is 5.92 Å². The molecule has 0 bridgehead atoms. The molecule has 6 nitrogen and oxygen atoms in total. The van der Waals surface area contributed by atoms with Crippen LogP contribution >= 0.6 is 0 Å². The molecule has 0 aromatic heterocycles. The van der Waals surface area contributed by atoms with Crippen molar-refractivity contribution in [2.45, 2.75) is 39.0 Å². The van der Waals surface area contributed by atoms with Crippen molar-refractivity contribution in [1.29, 1.82) is 0 Å². The molecular formula is C22H23NO5. The van der Waals surface area contributed by atoms with E-state index in [1.807, 2.05) is 0 Å². The molecule has 0 radical (unpaired) electrons. The number of Topliss-reactive ketones (excluding diaryl/α,β-unsaturated/α-hetero) is 1. The summed E-state index contributed by atoms with van der Waals surface area (Å²) in [6.07, 6.45) is 3.43. The second-order valence-corrected chi connectivity index (χ2v) is 6.93. The number of nitrogens with zero attached hydrogens (tertiary/aromatic N) is 1.